The number of thiazole rings is 1. The molecule has 0 spiro atoms. The summed E-state index contributed by atoms with van der Waals surface area (Å²) in [5, 5.41) is 5.18. The van der Waals surface area contributed by atoms with Crippen molar-refractivity contribution in [2.75, 3.05) is 29.9 Å². The summed E-state index contributed by atoms with van der Waals surface area (Å²) in [7, 11) is -3.90. The van der Waals surface area contributed by atoms with Crippen LogP contribution in [0.2, 0.25) is 0 Å². The molecule has 2 aliphatic rings. The van der Waals surface area contributed by atoms with Gasteiger partial charge in [-0.25, -0.2) is 13.4 Å². The number of aromatic nitrogens is 1. The van der Waals surface area contributed by atoms with E-state index in [0.29, 0.717) is 54.1 Å². The van der Waals surface area contributed by atoms with Crippen LogP contribution in [0, 0.1) is 12.8 Å². The quantitative estimate of drug-likeness (QED) is 0.624. The van der Waals surface area contributed by atoms with Crippen molar-refractivity contribution in [3.8, 4) is 0 Å². The molecule has 2 amide bonds. The molecule has 0 bridgehead atoms. The number of halogens is 1. The van der Waals surface area contributed by atoms with E-state index in [2.05, 4.69) is 26.2 Å². The van der Waals surface area contributed by atoms with Gasteiger partial charge in [-0.15, -0.1) is 11.3 Å². The monoisotopic (exact) mass is 540 g/mol. The van der Waals surface area contributed by atoms with Crippen LogP contribution in [0.4, 0.5) is 10.8 Å². The summed E-state index contributed by atoms with van der Waals surface area (Å²) in [6.45, 7) is 4.53. The molecule has 4 rings (SSSR count). The van der Waals surface area contributed by atoms with E-state index in [1.165, 1.54) is 15.6 Å². The van der Waals surface area contributed by atoms with E-state index in [9.17, 15) is 18.0 Å². The van der Waals surface area contributed by atoms with Gasteiger partial charge >= 0.3 is 0 Å². The second-order valence-electron chi connectivity index (χ2n) is 8.05. The number of benzene rings is 1. The van der Waals surface area contributed by atoms with Gasteiger partial charge in [-0.2, -0.15) is 4.31 Å². The molecule has 2 aliphatic heterocycles. The highest BCUT2D eigenvalue weighted by Gasteiger charge is 2.38. The number of hydrogen-bond donors (Lipinski definition) is 1. The van der Waals surface area contributed by atoms with E-state index < -0.39 is 15.9 Å². The lowest BCUT2D eigenvalue weighted by Gasteiger charge is -2.32. The van der Waals surface area contributed by atoms with E-state index in [1.807, 2.05) is 18.4 Å². The molecule has 0 radical (unpaired) electrons. The third kappa shape index (κ3) is 4.48. The average Bonchev–Trinajstić information content (AvgIpc) is 3.38. The highest BCUT2D eigenvalue weighted by atomic mass is 79.9. The van der Waals surface area contributed by atoms with Crippen molar-refractivity contribution in [3.05, 3.63) is 33.2 Å². The highest BCUT2D eigenvalue weighted by Crippen LogP contribution is 2.40. The van der Waals surface area contributed by atoms with Gasteiger partial charge in [0.2, 0.25) is 21.8 Å². The summed E-state index contributed by atoms with van der Waals surface area (Å²) in [4.78, 5) is 31.2. The van der Waals surface area contributed by atoms with Crippen molar-refractivity contribution in [3.63, 3.8) is 0 Å². The number of nitrogens with one attached hydrogen (secondary N) is 1. The molecule has 1 atom stereocenters. The molecule has 1 aromatic heterocycles. The van der Waals surface area contributed by atoms with Crippen molar-refractivity contribution >= 4 is 59.9 Å². The number of fused-ring (bicyclic) bond motifs is 1. The maximum Gasteiger partial charge on any atom is 0.245 e. The Kier molecular flexibility index (Phi) is 6.71. The van der Waals surface area contributed by atoms with Gasteiger partial charge in [-0.3, -0.25) is 9.59 Å². The number of nitrogens with zero attached hydrogens (tertiary/aromatic N) is 3. The zero-order chi connectivity index (χ0) is 23.0. The summed E-state index contributed by atoms with van der Waals surface area (Å²) in [5.74, 6) is -0.782. The summed E-state index contributed by atoms with van der Waals surface area (Å²) in [6.07, 6.45) is 2.11. The predicted octanol–water partition coefficient (Wildman–Crippen LogP) is 3.55. The molecule has 11 heteroatoms. The fourth-order valence-electron chi connectivity index (χ4n) is 4.24. The van der Waals surface area contributed by atoms with Crippen LogP contribution >= 0.6 is 27.3 Å². The molecule has 3 heterocycles. The maximum atomic E-state index is 13.7. The summed E-state index contributed by atoms with van der Waals surface area (Å²) < 4.78 is 29.5. The lowest BCUT2D eigenvalue weighted by Crippen LogP contribution is -2.44. The van der Waals surface area contributed by atoms with E-state index >= 15 is 0 Å². The number of amides is 2. The second-order valence-corrected chi connectivity index (χ2v) is 11.7. The minimum atomic E-state index is -3.90. The number of hydrogen-bond acceptors (Lipinski definition) is 6. The van der Waals surface area contributed by atoms with E-state index in [-0.39, 0.29) is 23.3 Å². The third-order valence-electron chi connectivity index (χ3n) is 5.82. The van der Waals surface area contributed by atoms with Crippen molar-refractivity contribution in [2.45, 2.75) is 44.4 Å². The zero-order valence-electron chi connectivity index (χ0n) is 17.9. The van der Waals surface area contributed by atoms with Crippen LogP contribution in [0.3, 0.4) is 0 Å². The van der Waals surface area contributed by atoms with Gasteiger partial charge in [0.15, 0.2) is 5.13 Å². The molecule has 1 saturated heterocycles. The van der Waals surface area contributed by atoms with Crippen LogP contribution in [0.1, 0.15) is 37.4 Å². The molecular formula is C21H25BrN4O4S2. The topological polar surface area (TPSA) is 99.7 Å². The Morgan fingerprint density at radius 2 is 2.09 bits per heavy atom. The number of anilines is 2. The number of carbonyl (C=O) groups is 2. The van der Waals surface area contributed by atoms with Crippen LogP contribution in [0.25, 0.3) is 0 Å². The summed E-state index contributed by atoms with van der Waals surface area (Å²) >= 11 is 4.77. The molecule has 1 N–H and O–H groups in total. The molecule has 32 heavy (non-hydrogen) atoms. The maximum absolute atomic E-state index is 13.7. The first-order valence-electron chi connectivity index (χ1n) is 10.6. The number of sulfonamides is 1. The smallest absolute Gasteiger partial charge is 0.245 e. The van der Waals surface area contributed by atoms with Crippen LogP contribution in [0.5, 0.6) is 0 Å². The fourth-order valence-corrected chi connectivity index (χ4v) is 7.37. The van der Waals surface area contributed by atoms with Gasteiger partial charge in [-0.1, -0.05) is 22.9 Å². The molecule has 1 fully saturated rings. The van der Waals surface area contributed by atoms with Crippen molar-refractivity contribution in [2.24, 2.45) is 5.92 Å². The summed E-state index contributed by atoms with van der Waals surface area (Å²) in [6, 6.07) is 3.44. The SMILES string of the molecule is CCC(=O)N1CCc2cc(Br)cc(S(=O)(=O)N3CCC[C@H](C(=O)Nc4nc(C)cs4)C3)c21. The standard InChI is InChI=1S/C21H25BrN4O4S2/c1-3-18(27)26-8-6-14-9-16(22)10-17(19(14)26)32(29,30)25-7-4-5-15(11-25)20(28)24-21-23-13(2)12-31-21/h9-10,12,15H,3-8,11H2,1-2H3,(H,23,24,28)/t15-/m0/s1. The molecule has 0 aliphatic carbocycles. The second kappa shape index (κ2) is 9.20. The van der Waals surface area contributed by atoms with Gasteiger partial charge < -0.3 is 10.2 Å². The molecule has 8 nitrogen and oxygen atoms in total. The van der Waals surface area contributed by atoms with Crippen molar-refractivity contribution in [1.29, 1.82) is 0 Å². The zero-order valence-corrected chi connectivity index (χ0v) is 21.1. The predicted molar refractivity (Wildman–Crippen MR) is 127 cm³/mol. The Labute approximate surface area is 200 Å². The van der Waals surface area contributed by atoms with Gasteiger partial charge in [0.05, 0.1) is 17.3 Å². The Morgan fingerprint density at radius 1 is 1.31 bits per heavy atom. The molecular weight excluding hydrogens is 516 g/mol. The van der Waals surface area contributed by atoms with E-state index in [4.69, 9.17) is 0 Å². The first kappa shape index (κ1) is 23.3. The molecule has 0 unspecified atom stereocenters. The normalized spacial score (nSPS) is 19.1. The Balaban J connectivity index is 1.61. The van der Waals surface area contributed by atoms with Crippen molar-refractivity contribution < 1.29 is 18.0 Å². The van der Waals surface area contributed by atoms with Gasteiger partial charge in [0.1, 0.15) is 4.90 Å². The molecule has 0 saturated carbocycles. The Bertz CT molecular complexity index is 1160. The number of carbonyl (C=O) groups excluding carboxylic acids is 2. The van der Waals surface area contributed by atoms with Crippen LogP contribution < -0.4 is 10.2 Å². The van der Waals surface area contributed by atoms with Crippen LogP contribution in [-0.4, -0.2) is 49.2 Å². The first-order valence-corrected chi connectivity index (χ1v) is 13.7. The lowest BCUT2D eigenvalue weighted by atomic mass is 9.99. The van der Waals surface area contributed by atoms with E-state index in [0.717, 1.165) is 11.3 Å². The number of aryl methyl sites for hydroxylation is 1. The minimum absolute atomic E-state index is 0.0987. The minimum Gasteiger partial charge on any atom is -0.310 e. The average molecular weight is 541 g/mol. The molecule has 1 aromatic carbocycles. The Morgan fingerprint density at radius 3 is 2.78 bits per heavy atom. The lowest BCUT2D eigenvalue weighted by molar-refractivity contribution is -0.121. The number of piperidine rings is 1. The largest absolute Gasteiger partial charge is 0.310 e. The number of rotatable bonds is 5. The van der Waals surface area contributed by atoms with Gasteiger partial charge in [0, 0.05) is 35.9 Å². The highest BCUT2D eigenvalue weighted by molar-refractivity contribution is 9.10. The van der Waals surface area contributed by atoms with Crippen LogP contribution in [0.15, 0.2) is 26.9 Å². The van der Waals surface area contributed by atoms with Crippen molar-refractivity contribution in [1.82, 2.24) is 9.29 Å². The fraction of sp³-hybridized carbons (Fsp3) is 0.476. The van der Waals surface area contributed by atoms with Crippen LogP contribution in [-0.2, 0) is 26.0 Å². The van der Waals surface area contributed by atoms with Gasteiger partial charge in [0.25, 0.3) is 0 Å². The summed E-state index contributed by atoms with van der Waals surface area (Å²) in [5.41, 5.74) is 2.14. The Hall–Kier alpha value is -1.82. The van der Waals surface area contributed by atoms with Gasteiger partial charge in [-0.05, 0) is 43.9 Å². The molecule has 172 valence electrons. The van der Waals surface area contributed by atoms with E-state index in [1.54, 1.807) is 17.9 Å². The third-order valence-corrected chi connectivity index (χ3v) is 9.03. The first-order chi connectivity index (χ1) is 15.2. The molecule has 2 aromatic rings.